The van der Waals surface area contributed by atoms with E-state index < -0.39 is 4.92 Å². The van der Waals surface area contributed by atoms with Crippen LogP contribution in [0.2, 0.25) is 0 Å². The first-order valence-electron chi connectivity index (χ1n) is 10.0. The highest BCUT2D eigenvalue weighted by molar-refractivity contribution is 5.79. The number of benzene rings is 3. The van der Waals surface area contributed by atoms with Gasteiger partial charge in [0, 0.05) is 0 Å². The SMILES string of the molecule is O=[N+]([O-])c1c(NC(c2ccccc2)c2ccccc2)ncnc1-n1cnc2ccccc21. The molecule has 0 spiro atoms. The van der Waals surface area contributed by atoms with Crippen LogP contribution in [-0.4, -0.2) is 24.4 Å². The van der Waals surface area contributed by atoms with Gasteiger partial charge in [-0.1, -0.05) is 72.8 Å². The van der Waals surface area contributed by atoms with Crippen molar-refractivity contribution in [1.29, 1.82) is 0 Å². The third-order valence-electron chi connectivity index (χ3n) is 5.21. The fourth-order valence-electron chi connectivity index (χ4n) is 3.73. The number of fused-ring (bicyclic) bond motifs is 1. The molecule has 32 heavy (non-hydrogen) atoms. The van der Waals surface area contributed by atoms with Crippen LogP contribution in [-0.2, 0) is 0 Å². The van der Waals surface area contributed by atoms with E-state index >= 15 is 0 Å². The molecule has 5 aromatic rings. The van der Waals surface area contributed by atoms with Crippen LogP contribution in [0.3, 0.4) is 0 Å². The van der Waals surface area contributed by atoms with Gasteiger partial charge >= 0.3 is 5.69 Å². The molecule has 0 saturated carbocycles. The van der Waals surface area contributed by atoms with Gasteiger partial charge in [-0.3, -0.25) is 14.7 Å². The molecule has 2 aromatic heterocycles. The maximum absolute atomic E-state index is 12.2. The summed E-state index contributed by atoms with van der Waals surface area (Å²) in [5, 5.41) is 15.5. The van der Waals surface area contributed by atoms with Crippen LogP contribution in [0.5, 0.6) is 0 Å². The van der Waals surface area contributed by atoms with E-state index in [0.717, 1.165) is 22.2 Å². The number of anilines is 1. The van der Waals surface area contributed by atoms with Gasteiger partial charge < -0.3 is 5.32 Å². The predicted octanol–water partition coefficient (Wildman–Crippen LogP) is 4.93. The van der Waals surface area contributed by atoms with E-state index in [1.807, 2.05) is 84.9 Å². The highest BCUT2D eigenvalue weighted by atomic mass is 16.6. The van der Waals surface area contributed by atoms with Crippen molar-refractivity contribution in [2.24, 2.45) is 0 Å². The summed E-state index contributed by atoms with van der Waals surface area (Å²) in [6.07, 6.45) is 2.86. The molecule has 0 aliphatic heterocycles. The number of imidazole rings is 1. The fraction of sp³-hybridized carbons (Fsp3) is 0.0417. The van der Waals surface area contributed by atoms with Gasteiger partial charge in [0.2, 0.25) is 11.6 Å². The predicted molar refractivity (Wildman–Crippen MR) is 122 cm³/mol. The molecule has 3 aromatic carbocycles. The van der Waals surface area contributed by atoms with Gasteiger partial charge in [-0.05, 0) is 23.3 Å². The highest BCUT2D eigenvalue weighted by Crippen LogP contribution is 2.34. The van der Waals surface area contributed by atoms with Gasteiger partial charge in [-0.25, -0.2) is 15.0 Å². The minimum Gasteiger partial charge on any atom is -0.353 e. The number of nitro groups is 1. The third kappa shape index (κ3) is 3.54. The van der Waals surface area contributed by atoms with Crippen LogP contribution in [0.1, 0.15) is 17.2 Å². The van der Waals surface area contributed by atoms with Crippen molar-refractivity contribution >= 4 is 22.5 Å². The maximum atomic E-state index is 12.2. The standard InChI is InChI=1S/C24H18N6O2/c31-30(32)22-23(25-15-26-24(22)29-16-27-19-13-7-8-14-20(19)29)28-21(17-9-3-1-4-10-17)18-11-5-2-6-12-18/h1-16,21H,(H,25,26,28). The lowest BCUT2D eigenvalue weighted by Crippen LogP contribution is -2.16. The fourth-order valence-corrected chi connectivity index (χ4v) is 3.73. The van der Waals surface area contributed by atoms with E-state index in [2.05, 4.69) is 20.3 Å². The van der Waals surface area contributed by atoms with E-state index in [-0.39, 0.29) is 23.4 Å². The Balaban J connectivity index is 1.65. The average molecular weight is 422 g/mol. The molecule has 0 fully saturated rings. The maximum Gasteiger partial charge on any atom is 0.354 e. The van der Waals surface area contributed by atoms with E-state index in [0.29, 0.717) is 0 Å². The zero-order valence-electron chi connectivity index (χ0n) is 16.9. The highest BCUT2D eigenvalue weighted by Gasteiger charge is 2.27. The summed E-state index contributed by atoms with van der Waals surface area (Å²) in [6.45, 7) is 0. The summed E-state index contributed by atoms with van der Waals surface area (Å²) in [7, 11) is 0. The van der Waals surface area contributed by atoms with E-state index in [4.69, 9.17) is 0 Å². The van der Waals surface area contributed by atoms with Gasteiger partial charge in [0.05, 0.1) is 22.0 Å². The smallest absolute Gasteiger partial charge is 0.353 e. The van der Waals surface area contributed by atoms with Crippen LogP contribution in [0, 0.1) is 10.1 Å². The number of nitrogens with zero attached hydrogens (tertiary/aromatic N) is 5. The second-order valence-corrected chi connectivity index (χ2v) is 7.15. The molecule has 1 N–H and O–H groups in total. The van der Waals surface area contributed by atoms with Crippen LogP contribution in [0.25, 0.3) is 16.9 Å². The first-order chi connectivity index (χ1) is 15.7. The van der Waals surface area contributed by atoms with E-state index in [9.17, 15) is 10.1 Å². The Hall–Kier alpha value is -4.59. The van der Waals surface area contributed by atoms with Crippen LogP contribution in [0.4, 0.5) is 11.5 Å². The molecule has 0 unspecified atom stereocenters. The lowest BCUT2D eigenvalue weighted by Gasteiger charge is -2.20. The van der Waals surface area contributed by atoms with Crippen molar-refractivity contribution in [1.82, 2.24) is 19.5 Å². The molecule has 0 amide bonds. The van der Waals surface area contributed by atoms with Crippen molar-refractivity contribution in [3.8, 4) is 5.82 Å². The Kier molecular flexibility index (Phi) is 5.01. The van der Waals surface area contributed by atoms with E-state index in [1.54, 1.807) is 4.57 Å². The average Bonchev–Trinajstić information content (AvgIpc) is 3.27. The normalized spacial score (nSPS) is 11.0. The zero-order valence-corrected chi connectivity index (χ0v) is 16.9. The Labute approximate surface area is 183 Å². The number of rotatable bonds is 6. The van der Waals surface area contributed by atoms with Crippen molar-refractivity contribution < 1.29 is 4.92 Å². The second-order valence-electron chi connectivity index (χ2n) is 7.15. The van der Waals surface area contributed by atoms with Crippen LogP contribution >= 0.6 is 0 Å². The molecule has 156 valence electrons. The van der Waals surface area contributed by atoms with Crippen LogP contribution < -0.4 is 5.32 Å². The monoisotopic (exact) mass is 422 g/mol. The molecule has 0 aliphatic carbocycles. The molecule has 5 rings (SSSR count). The molecule has 0 bridgehead atoms. The van der Waals surface area contributed by atoms with Crippen molar-refractivity contribution in [3.05, 3.63) is 119 Å². The Morgan fingerprint density at radius 2 is 1.44 bits per heavy atom. The topological polar surface area (TPSA) is 98.8 Å². The van der Waals surface area contributed by atoms with Crippen molar-refractivity contribution in [2.45, 2.75) is 6.04 Å². The zero-order chi connectivity index (χ0) is 21.9. The lowest BCUT2D eigenvalue weighted by atomic mass is 9.99. The lowest BCUT2D eigenvalue weighted by molar-refractivity contribution is -0.384. The van der Waals surface area contributed by atoms with Gasteiger partial charge in [0.1, 0.15) is 12.7 Å². The summed E-state index contributed by atoms with van der Waals surface area (Å²) in [4.78, 5) is 24.5. The Bertz CT molecular complexity index is 1350. The molecule has 0 saturated heterocycles. The van der Waals surface area contributed by atoms with E-state index in [1.165, 1.54) is 12.7 Å². The van der Waals surface area contributed by atoms with Gasteiger partial charge in [0.15, 0.2) is 0 Å². The summed E-state index contributed by atoms with van der Waals surface area (Å²) in [5.74, 6) is 0.288. The number of hydrogen-bond acceptors (Lipinski definition) is 6. The van der Waals surface area contributed by atoms with Gasteiger partial charge in [0.25, 0.3) is 0 Å². The number of hydrogen-bond donors (Lipinski definition) is 1. The Morgan fingerprint density at radius 1 is 0.812 bits per heavy atom. The van der Waals surface area contributed by atoms with Gasteiger partial charge in [-0.15, -0.1) is 0 Å². The summed E-state index contributed by atoms with van der Waals surface area (Å²) >= 11 is 0. The van der Waals surface area contributed by atoms with Crippen molar-refractivity contribution in [3.63, 3.8) is 0 Å². The number of nitrogens with one attached hydrogen (secondary N) is 1. The first-order valence-corrected chi connectivity index (χ1v) is 10.0. The first kappa shape index (κ1) is 19.4. The van der Waals surface area contributed by atoms with Gasteiger partial charge in [-0.2, -0.15) is 0 Å². The molecular weight excluding hydrogens is 404 g/mol. The Morgan fingerprint density at radius 3 is 2.09 bits per heavy atom. The minimum absolute atomic E-state index is 0.135. The molecule has 8 heteroatoms. The third-order valence-corrected chi connectivity index (χ3v) is 5.21. The second kappa shape index (κ2) is 8.27. The largest absolute Gasteiger partial charge is 0.354 e. The molecule has 0 atom stereocenters. The molecular formula is C24H18N6O2. The molecule has 2 heterocycles. The number of aromatic nitrogens is 4. The quantitative estimate of drug-likeness (QED) is 0.308. The minimum atomic E-state index is -0.459. The summed E-state index contributed by atoms with van der Waals surface area (Å²) < 4.78 is 1.61. The molecule has 8 nitrogen and oxygen atoms in total. The summed E-state index contributed by atoms with van der Waals surface area (Å²) in [6, 6.07) is 26.6. The van der Waals surface area contributed by atoms with Crippen LogP contribution in [0.15, 0.2) is 97.6 Å². The summed E-state index contributed by atoms with van der Waals surface area (Å²) in [5.41, 5.74) is 3.15. The molecule has 0 radical (unpaired) electrons. The molecule has 0 aliphatic rings. The van der Waals surface area contributed by atoms with Crippen molar-refractivity contribution in [2.75, 3.05) is 5.32 Å². The number of para-hydroxylation sites is 2.